The number of carboxylic acid groups (broad SMARTS) is 1. The van der Waals surface area contributed by atoms with Gasteiger partial charge in [-0.3, -0.25) is 43.9 Å². The fourth-order valence-electron chi connectivity index (χ4n) is 6.89. The maximum atomic E-state index is 13.5. The number of aromatic carboxylic acids is 1. The summed E-state index contributed by atoms with van der Waals surface area (Å²) in [6, 6.07) is 24.7. The zero-order chi connectivity index (χ0) is 46.9. The van der Waals surface area contributed by atoms with Gasteiger partial charge in [0.05, 0.1) is 51.1 Å². The molecule has 0 unspecified atom stereocenters. The van der Waals surface area contributed by atoms with E-state index in [1.807, 2.05) is 0 Å². The molecular weight excluding hydrogens is 839 g/mol. The predicted octanol–water partition coefficient (Wildman–Crippen LogP) is 6.22. The number of fused-ring (bicyclic) bond motifs is 1. The van der Waals surface area contributed by atoms with Crippen molar-refractivity contribution in [2.45, 2.75) is 51.7 Å². The van der Waals surface area contributed by atoms with Crippen LogP contribution in [0.4, 0.5) is 11.4 Å². The molecule has 330 valence electrons. The Labute approximate surface area is 370 Å². The van der Waals surface area contributed by atoms with Crippen molar-refractivity contribution in [3.05, 3.63) is 170 Å². The topological polar surface area (TPSA) is 275 Å². The lowest BCUT2D eigenvalue weighted by atomic mass is 9.95. The molecule has 0 aliphatic heterocycles. The number of benzene rings is 5. The Hall–Kier alpha value is -8.60. The summed E-state index contributed by atoms with van der Waals surface area (Å²) in [5.41, 5.74) is 7.44. The third-order valence-electron chi connectivity index (χ3n) is 10.1. The number of Topliss-reactive ketones (excluding diaryl/α,β-unsaturated/α-hetero) is 3. The third-order valence-corrected chi connectivity index (χ3v) is 10.1. The predicted molar refractivity (Wildman–Crippen MR) is 236 cm³/mol. The maximum absolute atomic E-state index is 13.5. The van der Waals surface area contributed by atoms with Crippen LogP contribution in [0.5, 0.6) is 11.5 Å². The molecule has 17 heteroatoms. The second-order valence-corrected chi connectivity index (χ2v) is 15.2. The van der Waals surface area contributed by atoms with Gasteiger partial charge in [0, 0.05) is 53.9 Å². The number of non-ortho nitro benzene ring substituents is 1. The Morgan fingerprint density at radius 2 is 1.35 bits per heavy atom. The lowest BCUT2D eigenvalue weighted by Crippen LogP contribution is -2.44. The van der Waals surface area contributed by atoms with Crippen LogP contribution in [-0.2, 0) is 28.9 Å². The van der Waals surface area contributed by atoms with E-state index in [0.29, 0.717) is 16.7 Å². The van der Waals surface area contributed by atoms with Gasteiger partial charge in [0.15, 0.2) is 28.8 Å². The van der Waals surface area contributed by atoms with Crippen molar-refractivity contribution in [1.82, 2.24) is 10.3 Å². The molecule has 0 aliphatic rings. The van der Waals surface area contributed by atoms with E-state index in [2.05, 4.69) is 15.6 Å². The fourth-order valence-corrected chi connectivity index (χ4v) is 6.89. The summed E-state index contributed by atoms with van der Waals surface area (Å²) < 4.78 is 5.87. The van der Waals surface area contributed by atoms with E-state index in [9.17, 15) is 48.8 Å². The summed E-state index contributed by atoms with van der Waals surface area (Å²) in [6.07, 6.45) is -0.0872. The van der Waals surface area contributed by atoms with Gasteiger partial charge in [-0.05, 0) is 85.6 Å². The molecule has 65 heavy (non-hydrogen) atoms. The lowest BCUT2D eigenvalue weighted by molar-refractivity contribution is -0.383. The number of nitro benzene ring substituents is 1. The van der Waals surface area contributed by atoms with E-state index >= 15 is 0 Å². The molecule has 0 saturated carbocycles. The summed E-state index contributed by atoms with van der Waals surface area (Å²) in [5, 5.41) is 37.2. The molecule has 6 N–H and O–H groups in total. The number of carbonyl (C=O) groups excluding carboxylic acids is 6. The fraction of sp³-hybridized carbons (Fsp3) is 0.167. The van der Waals surface area contributed by atoms with E-state index < -0.39 is 64.5 Å². The zero-order valence-electron chi connectivity index (χ0n) is 34.9. The summed E-state index contributed by atoms with van der Waals surface area (Å²) in [4.78, 5) is 105. The van der Waals surface area contributed by atoms with Gasteiger partial charge in [-0.25, -0.2) is 4.79 Å². The number of pyridine rings is 1. The minimum absolute atomic E-state index is 0.0285. The number of nitrogens with one attached hydrogen (secondary N) is 2. The van der Waals surface area contributed by atoms with Crippen molar-refractivity contribution in [2.75, 3.05) is 5.32 Å². The highest BCUT2D eigenvalue weighted by Crippen LogP contribution is 2.36. The minimum Gasteiger partial charge on any atom is -0.504 e. The first kappa shape index (κ1) is 45.9. The number of nitrogens with zero attached hydrogens (tertiary/aromatic N) is 2. The number of aromatic nitrogens is 1. The van der Waals surface area contributed by atoms with Crippen molar-refractivity contribution in [2.24, 2.45) is 5.73 Å². The summed E-state index contributed by atoms with van der Waals surface area (Å²) in [7, 11) is 0. The number of phenolic OH excluding ortho intramolecular Hbond substituents is 1. The molecule has 6 rings (SSSR count). The third kappa shape index (κ3) is 11.3. The van der Waals surface area contributed by atoms with Crippen molar-refractivity contribution in [3.8, 4) is 11.5 Å². The highest BCUT2D eigenvalue weighted by atomic mass is 16.6. The van der Waals surface area contributed by atoms with Crippen LogP contribution in [0.1, 0.15) is 88.7 Å². The monoisotopic (exact) mass is 879 g/mol. The highest BCUT2D eigenvalue weighted by molar-refractivity contribution is 6.13. The summed E-state index contributed by atoms with van der Waals surface area (Å²) in [6.45, 7) is 3.44. The molecule has 17 nitrogen and oxygen atoms in total. The number of carboxylic acids is 1. The Morgan fingerprint density at radius 1 is 0.738 bits per heavy atom. The van der Waals surface area contributed by atoms with E-state index in [4.69, 9.17) is 15.6 Å². The molecule has 0 spiro atoms. The summed E-state index contributed by atoms with van der Waals surface area (Å²) >= 11 is 0. The molecule has 0 bridgehead atoms. The minimum atomic E-state index is -1.30. The molecule has 0 fully saturated rings. The molecule has 5 aromatic carbocycles. The number of hydrogen-bond donors (Lipinski definition) is 5. The second-order valence-electron chi connectivity index (χ2n) is 15.2. The second kappa shape index (κ2) is 20.1. The van der Waals surface area contributed by atoms with E-state index in [0.717, 1.165) is 0 Å². The van der Waals surface area contributed by atoms with Crippen LogP contribution >= 0.6 is 0 Å². The number of phenols is 1. The molecular formula is C48H41N5O12. The maximum Gasteiger partial charge on any atom is 0.335 e. The standard InChI is InChI=1S/C48H41N5O12/c1-26(2)65-45-32(15-18-35(44(45)58)40(55)22-27-7-11-31(12-8-27)48(61)62)24-39(54)29-9-5-28(6-10-29)23-41(56)37(25-42(49)57)52-46(59)30-13-16-33(17-14-30)51-47(60)36-19-20-38(53(63)64)34-4-3-21-50-43(34)36/h3-21,26,37,58H,22-25H2,1-2H3,(H2,49,57)(H,51,60)(H,52,59)(H,61,62)/t37-/m0/s1. The number of anilines is 1. The average molecular weight is 880 g/mol. The largest absolute Gasteiger partial charge is 0.504 e. The van der Waals surface area contributed by atoms with E-state index in [-0.39, 0.29) is 80.9 Å². The highest BCUT2D eigenvalue weighted by Gasteiger charge is 2.26. The number of nitro groups is 1. The molecule has 0 saturated heterocycles. The van der Waals surface area contributed by atoms with Gasteiger partial charge in [-0.2, -0.15) is 0 Å². The Kier molecular flexibility index (Phi) is 14.2. The number of aromatic hydroxyl groups is 1. The van der Waals surface area contributed by atoms with Crippen LogP contribution in [-0.4, -0.2) is 73.3 Å². The molecule has 1 atom stereocenters. The van der Waals surface area contributed by atoms with Crippen molar-refractivity contribution in [3.63, 3.8) is 0 Å². The van der Waals surface area contributed by atoms with Gasteiger partial charge >= 0.3 is 5.97 Å². The number of hydrogen-bond acceptors (Lipinski definition) is 12. The SMILES string of the molecule is CC(C)Oc1c(CC(=O)c2ccc(CC(=O)[C@H](CC(N)=O)NC(=O)c3ccc(NC(=O)c4ccc([N+](=O)[O-])c5cccnc45)cc3)cc2)ccc(C(=O)Cc2ccc(C(=O)O)cc2)c1O. The number of ketones is 3. The van der Waals surface area contributed by atoms with Crippen LogP contribution in [0, 0.1) is 10.1 Å². The molecule has 0 radical (unpaired) electrons. The number of amides is 3. The molecule has 1 aromatic heterocycles. The van der Waals surface area contributed by atoms with Crippen LogP contribution in [0.2, 0.25) is 0 Å². The Morgan fingerprint density at radius 3 is 1.97 bits per heavy atom. The number of rotatable bonds is 19. The quantitative estimate of drug-likeness (QED) is 0.0344. The van der Waals surface area contributed by atoms with Crippen LogP contribution < -0.4 is 21.1 Å². The Bertz CT molecular complexity index is 2860. The van der Waals surface area contributed by atoms with Gasteiger partial charge in [0.1, 0.15) is 0 Å². The average Bonchev–Trinajstić information content (AvgIpc) is 3.27. The molecule has 3 amide bonds. The van der Waals surface area contributed by atoms with Crippen molar-refractivity contribution < 1.29 is 53.4 Å². The normalized spacial score (nSPS) is 11.4. The van der Waals surface area contributed by atoms with E-state index in [1.54, 1.807) is 26.0 Å². The Balaban J connectivity index is 1.08. The van der Waals surface area contributed by atoms with E-state index in [1.165, 1.54) is 103 Å². The molecule has 1 heterocycles. The van der Waals surface area contributed by atoms with Crippen LogP contribution in [0.3, 0.4) is 0 Å². The van der Waals surface area contributed by atoms with Gasteiger partial charge in [-0.15, -0.1) is 0 Å². The van der Waals surface area contributed by atoms with Gasteiger partial charge in [-0.1, -0.05) is 42.5 Å². The van der Waals surface area contributed by atoms with Gasteiger partial charge in [0.2, 0.25) is 5.91 Å². The summed E-state index contributed by atoms with van der Waals surface area (Å²) in [5.74, 6) is -5.07. The number of primary amides is 1. The first-order valence-electron chi connectivity index (χ1n) is 20.0. The number of carbonyl (C=O) groups is 7. The molecule has 0 aliphatic carbocycles. The zero-order valence-corrected chi connectivity index (χ0v) is 34.9. The van der Waals surface area contributed by atoms with Crippen LogP contribution in [0.25, 0.3) is 10.9 Å². The van der Waals surface area contributed by atoms with Crippen molar-refractivity contribution in [1.29, 1.82) is 0 Å². The van der Waals surface area contributed by atoms with Gasteiger partial charge in [0.25, 0.3) is 17.5 Å². The van der Waals surface area contributed by atoms with Crippen LogP contribution in [0.15, 0.2) is 115 Å². The van der Waals surface area contributed by atoms with Crippen molar-refractivity contribution >= 4 is 63.3 Å². The number of ether oxygens (including phenoxy) is 1. The number of nitrogens with two attached hydrogens (primary N) is 1. The smallest absolute Gasteiger partial charge is 0.335 e. The molecule has 6 aromatic rings. The lowest BCUT2D eigenvalue weighted by Gasteiger charge is -2.18. The first-order chi connectivity index (χ1) is 31.0. The first-order valence-corrected chi connectivity index (χ1v) is 20.0. The van der Waals surface area contributed by atoms with Gasteiger partial charge < -0.3 is 31.3 Å².